The molecule has 1 saturated heterocycles. The normalized spacial score (nSPS) is 20.7. The van der Waals surface area contributed by atoms with Crippen molar-refractivity contribution in [2.45, 2.75) is 26.4 Å². The van der Waals surface area contributed by atoms with Crippen LogP contribution in [0.25, 0.3) is 0 Å². The SMILES string of the molecule is CC(=O)Nc1ccc(CN2CCNCC2C)cc1. The molecular formula is C14H21N3O. The molecule has 98 valence electrons. The quantitative estimate of drug-likeness (QED) is 0.849. The summed E-state index contributed by atoms with van der Waals surface area (Å²) >= 11 is 0. The van der Waals surface area contributed by atoms with Crippen LogP contribution in [0, 0.1) is 0 Å². The monoisotopic (exact) mass is 247 g/mol. The molecule has 0 aliphatic carbocycles. The Balaban J connectivity index is 1.95. The molecule has 4 heteroatoms. The standard InChI is InChI=1S/C14H21N3O/c1-11-9-15-7-8-17(11)10-13-3-5-14(6-4-13)16-12(2)18/h3-6,11,15H,7-10H2,1-2H3,(H,16,18). The van der Waals surface area contributed by atoms with Crippen molar-refractivity contribution in [2.24, 2.45) is 0 Å². The minimum absolute atomic E-state index is 0.0292. The first-order valence-corrected chi connectivity index (χ1v) is 6.46. The predicted octanol–water partition coefficient (Wildman–Crippen LogP) is 1.44. The third kappa shape index (κ3) is 3.55. The number of amides is 1. The van der Waals surface area contributed by atoms with E-state index in [9.17, 15) is 4.79 Å². The molecule has 0 aromatic heterocycles. The Hall–Kier alpha value is -1.39. The fourth-order valence-corrected chi connectivity index (χ4v) is 2.25. The maximum absolute atomic E-state index is 10.9. The van der Waals surface area contributed by atoms with Crippen molar-refractivity contribution < 1.29 is 4.79 Å². The molecule has 0 radical (unpaired) electrons. The summed E-state index contributed by atoms with van der Waals surface area (Å²) in [5, 5.41) is 6.17. The molecule has 0 saturated carbocycles. The Kier molecular flexibility index (Phi) is 4.33. The molecule has 1 aliphatic rings. The van der Waals surface area contributed by atoms with Gasteiger partial charge < -0.3 is 10.6 Å². The summed E-state index contributed by atoms with van der Waals surface area (Å²) in [6.07, 6.45) is 0. The molecule has 1 unspecified atom stereocenters. The Morgan fingerprint density at radius 2 is 2.17 bits per heavy atom. The number of carbonyl (C=O) groups excluding carboxylic acids is 1. The maximum Gasteiger partial charge on any atom is 0.221 e. The van der Waals surface area contributed by atoms with Crippen LogP contribution in [0.5, 0.6) is 0 Å². The molecule has 1 fully saturated rings. The second-order valence-corrected chi connectivity index (χ2v) is 4.90. The number of hydrogen-bond acceptors (Lipinski definition) is 3. The second-order valence-electron chi connectivity index (χ2n) is 4.90. The van der Waals surface area contributed by atoms with Gasteiger partial charge >= 0.3 is 0 Å². The zero-order valence-corrected chi connectivity index (χ0v) is 11.1. The lowest BCUT2D eigenvalue weighted by molar-refractivity contribution is -0.114. The Morgan fingerprint density at radius 1 is 1.44 bits per heavy atom. The molecule has 0 spiro atoms. The molecule has 0 bridgehead atoms. The van der Waals surface area contributed by atoms with Crippen molar-refractivity contribution >= 4 is 11.6 Å². The van der Waals surface area contributed by atoms with Crippen molar-refractivity contribution in [1.82, 2.24) is 10.2 Å². The number of anilines is 1. The van der Waals surface area contributed by atoms with Crippen LogP contribution in [-0.4, -0.2) is 36.5 Å². The van der Waals surface area contributed by atoms with Crippen molar-refractivity contribution in [3.8, 4) is 0 Å². The van der Waals surface area contributed by atoms with Crippen LogP contribution in [0.4, 0.5) is 5.69 Å². The summed E-state index contributed by atoms with van der Waals surface area (Å²) in [6, 6.07) is 8.67. The molecular weight excluding hydrogens is 226 g/mol. The van der Waals surface area contributed by atoms with E-state index in [4.69, 9.17) is 0 Å². The molecule has 1 amide bonds. The van der Waals surface area contributed by atoms with E-state index in [1.165, 1.54) is 12.5 Å². The number of carbonyl (C=O) groups is 1. The molecule has 1 aliphatic heterocycles. The van der Waals surface area contributed by atoms with E-state index < -0.39 is 0 Å². The Labute approximate surface area is 108 Å². The summed E-state index contributed by atoms with van der Waals surface area (Å²) in [6.45, 7) is 7.96. The van der Waals surface area contributed by atoms with E-state index >= 15 is 0 Å². The number of hydrogen-bond donors (Lipinski definition) is 2. The largest absolute Gasteiger partial charge is 0.326 e. The van der Waals surface area contributed by atoms with Gasteiger partial charge in [-0.1, -0.05) is 12.1 Å². The highest BCUT2D eigenvalue weighted by atomic mass is 16.1. The lowest BCUT2D eigenvalue weighted by Crippen LogP contribution is -2.49. The van der Waals surface area contributed by atoms with Gasteiger partial charge in [0.15, 0.2) is 0 Å². The van der Waals surface area contributed by atoms with E-state index in [0.29, 0.717) is 6.04 Å². The summed E-state index contributed by atoms with van der Waals surface area (Å²) in [5.74, 6) is -0.0292. The minimum Gasteiger partial charge on any atom is -0.326 e. The number of nitrogens with one attached hydrogen (secondary N) is 2. The van der Waals surface area contributed by atoms with Crippen LogP contribution in [0.1, 0.15) is 19.4 Å². The van der Waals surface area contributed by atoms with Gasteiger partial charge in [0, 0.05) is 44.8 Å². The van der Waals surface area contributed by atoms with Crippen LogP contribution >= 0.6 is 0 Å². The van der Waals surface area contributed by atoms with Gasteiger partial charge in [-0.2, -0.15) is 0 Å². The molecule has 1 aromatic rings. The number of rotatable bonds is 3. The highest BCUT2D eigenvalue weighted by Gasteiger charge is 2.17. The topological polar surface area (TPSA) is 44.4 Å². The fourth-order valence-electron chi connectivity index (χ4n) is 2.25. The molecule has 4 nitrogen and oxygen atoms in total. The molecule has 1 atom stereocenters. The number of nitrogens with zero attached hydrogens (tertiary/aromatic N) is 1. The highest BCUT2D eigenvalue weighted by molar-refractivity contribution is 5.88. The third-order valence-electron chi connectivity index (χ3n) is 3.30. The smallest absolute Gasteiger partial charge is 0.221 e. The maximum atomic E-state index is 10.9. The van der Waals surface area contributed by atoms with Crippen LogP contribution in [0.3, 0.4) is 0 Å². The van der Waals surface area contributed by atoms with Crippen molar-refractivity contribution in [3.63, 3.8) is 0 Å². The second kappa shape index (κ2) is 5.98. The summed E-state index contributed by atoms with van der Waals surface area (Å²) in [7, 11) is 0. The Morgan fingerprint density at radius 3 is 2.78 bits per heavy atom. The van der Waals surface area contributed by atoms with E-state index in [2.05, 4.69) is 34.6 Å². The van der Waals surface area contributed by atoms with E-state index in [1.807, 2.05) is 12.1 Å². The van der Waals surface area contributed by atoms with Crippen LogP contribution in [-0.2, 0) is 11.3 Å². The first-order valence-electron chi connectivity index (χ1n) is 6.46. The zero-order valence-electron chi connectivity index (χ0n) is 11.1. The van der Waals surface area contributed by atoms with Gasteiger partial charge in [-0.25, -0.2) is 0 Å². The van der Waals surface area contributed by atoms with E-state index in [-0.39, 0.29) is 5.91 Å². The van der Waals surface area contributed by atoms with Gasteiger partial charge in [0.1, 0.15) is 0 Å². The zero-order chi connectivity index (χ0) is 13.0. The van der Waals surface area contributed by atoms with E-state index in [0.717, 1.165) is 31.9 Å². The van der Waals surface area contributed by atoms with Crippen molar-refractivity contribution in [2.75, 3.05) is 25.0 Å². The first kappa shape index (κ1) is 13.1. The fraction of sp³-hybridized carbons (Fsp3) is 0.500. The summed E-state index contributed by atoms with van der Waals surface area (Å²) < 4.78 is 0. The first-order chi connectivity index (χ1) is 8.65. The van der Waals surface area contributed by atoms with Gasteiger partial charge in [-0.15, -0.1) is 0 Å². The highest BCUT2D eigenvalue weighted by Crippen LogP contribution is 2.13. The lowest BCUT2D eigenvalue weighted by atomic mass is 10.1. The van der Waals surface area contributed by atoms with Gasteiger partial charge in [-0.05, 0) is 24.6 Å². The third-order valence-corrected chi connectivity index (χ3v) is 3.30. The predicted molar refractivity (Wildman–Crippen MR) is 73.5 cm³/mol. The number of piperazine rings is 1. The van der Waals surface area contributed by atoms with Gasteiger partial charge in [-0.3, -0.25) is 9.69 Å². The molecule has 2 rings (SSSR count). The summed E-state index contributed by atoms with van der Waals surface area (Å²) in [4.78, 5) is 13.4. The van der Waals surface area contributed by atoms with Gasteiger partial charge in [0.25, 0.3) is 0 Å². The number of benzene rings is 1. The lowest BCUT2D eigenvalue weighted by Gasteiger charge is -2.33. The van der Waals surface area contributed by atoms with Crippen molar-refractivity contribution in [1.29, 1.82) is 0 Å². The molecule has 2 N–H and O–H groups in total. The molecule has 18 heavy (non-hydrogen) atoms. The van der Waals surface area contributed by atoms with Crippen LogP contribution in [0.15, 0.2) is 24.3 Å². The molecule has 1 heterocycles. The molecule has 1 aromatic carbocycles. The Bertz CT molecular complexity index is 402. The summed E-state index contributed by atoms with van der Waals surface area (Å²) in [5.41, 5.74) is 2.15. The van der Waals surface area contributed by atoms with Gasteiger partial charge in [0.05, 0.1) is 0 Å². The average Bonchev–Trinajstić information content (AvgIpc) is 2.34. The van der Waals surface area contributed by atoms with E-state index in [1.54, 1.807) is 0 Å². The van der Waals surface area contributed by atoms with Crippen LogP contribution < -0.4 is 10.6 Å². The minimum atomic E-state index is -0.0292. The average molecular weight is 247 g/mol. The van der Waals surface area contributed by atoms with Crippen LogP contribution in [0.2, 0.25) is 0 Å². The van der Waals surface area contributed by atoms with Gasteiger partial charge in [0.2, 0.25) is 5.91 Å². The van der Waals surface area contributed by atoms with Crippen molar-refractivity contribution in [3.05, 3.63) is 29.8 Å².